The van der Waals surface area contributed by atoms with E-state index in [1.165, 1.54) is 12.2 Å². The minimum absolute atomic E-state index is 0.0884. The van der Waals surface area contributed by atoms with Crippen LogP contribution in [0, 0.1) is 0 Å². The zero-order valence-electron chi connectivity index (χ0n) is 9.11. The Balaban J connectivity index is 5.21. The predicted molar refractivity (Wildman–Crippen MR) is 54.1 cm³/mol. The van der Waals surface area contributed by atoms with Crippen LogP contribution >= 0.6 is 0 Å². The van der Waals surface area contributed by atoms with Crippen molar-refractivity contribution in [3.05, 3.63) is 12.7 Å². The van der Waals surface area contributed by atoms with Crippen LogP contribution in [0.15, 0.2) is 17.6 Å². The molecule has 0 spiro atoms. The fourth-order valence-electron chi connectivity index (χ4n) is 1.06. The van der Waals surface area contributed by atoms with Crippen molar-refractivity contribution in [1.82, 2.24) is 0 Å². The van der Waals surface area contributed by atoms with Gasteiger partial charge in [0.1, 0.15) is 0 Å². The van der Waals surface area contributed by atoms with Gasteiger partial charge in [-0.25, -0.2) is 9.59 Å². The monoisotopic (exact) mass is 213 g/mol. The lowest BCUT2D eigenvalue weighted by atomic mass is 10.1. The Labute approximate surface area is 88.5 Å². The third kappa shape index (κ3) is 4.06. The molecule has 84 valence electrons. The minimum Gasteiger partial charge on any atom is -0.478 e. The van der Waals surface area contributed by atoms with E-state index in [9.17, 15) is 9.59 Å². The molecule has 0 aliphatic rings. The van der Waals surface area contributed by atoms with E-state index in [-0.39, 0.29) is 6.42 Å². The smallest absolute Gasteiger partial charge is 0.360 e. The summed E-state index contributed by atoms with van der Waals surface area (Å²) in [6.07, 6.45) is 2.46. The van der Waals surface area contributed by atoms with Crippen LogP contribution in [0.2, 0.25) is 0 Å². The highest BCUT2D eigenvalue weighted by atomic mass is 16.6. The third-order valence-corrected chi connectivity index (χ3v) is 1.46. The number of aliphatic carboxylic acids is 1. The molecule has 0 saturated heterocycles. The molecule has 0 aromatic rings. The van der Waals surface area contributed by atoms with E-state index in [0.29, 0.717) is 0 Å². The first kappa shape index (κ1) is 13.5. The van der Waals surface area contributed by atoms with Crippen LogP contribution in [0.4, 0.5) is 0 Å². The number of carboxylic acid groups (broad SMARTS) is 1. The summed E-state index contributed by atoms with van der Waals surface area (Å²) in [5.74, 6) is -1.33. The Morgan fingerprint density at radius 1 is 1.60 bits per heavy atom. The second-order valence-corrected chi connectivity index (χ2v) is 4.00. The minimum atomic E-state index is -1.91. The summed E-state index contributed by atoms with van der Waals surface area (Å²) >= 11 is 0. The summed E-state index contributed by atoms with van der Waals surface area (Å²) in [5, 5.41) is 9.00. The summed E-state index contributed by atoms with van der Waals surface area (Å²) in [6.45, 7) is 8.43. The van der Waals surface area contributed by atoms with Crippen LogP contribution < -0.4 is 0 Å². The van der Waals surface area contributed by atoms with E-state index >= 15 is 0 Å². The van der Waals surface area contributed by atoms with E-state index in [1.807, 2.05) is 0 Å². The molecule has 1 N–H and O–H groups in total. The Morgan fingerprint density at radius 2 is 2.13 bits per heavy atom. The first-order chi connectivity index (χ1) is 6.77. The molecule has 0 amide bonds. The van der Waals surface area contributed by atoms with Gasteiger partial charge >= 0.3 is 5.97 Å². The molecular weight excluding hydrogens is 198 g/mol. The number of ether oxygens (including phenoxy) is 1. The molecule has 0 unspecified atom stereocenters. The molecule has 15 heavy (non-hydrogen) atoms. The van der Waals surface area contributed by atoms with E-state index in [0.717, 1.165) is 0 Å². The van der Waals surface area contributed by atoms with Crippen molar-refractivity contribution in [1.29, 1.82) is 0 Å². The van der Waals surface area contributed by atoms with Gasteiger partial charge in [-0.2, -0.15) is 4.99 Å². The quantitative estimate of drug-likeness (QED) is 0.426. The van der Waals surface area contributed by atoms with Gasteiger partial charge < -0.3 is 9.84 Å². The second kappa shape index (κ2) is 4.87. The van der Waals surface area contributed by atoms with Crippen molar-refractivity contribution < 1.29 is 19.4 Å². The summed E-state index contributed by atoms with van der Waals surface area (Å²) < 4.78 is 5.27. The molecule has 0 aliphatic carbocycles. The third-order valence-electron chi connectivity index (χ3n) is 1.46. The summed E-state index contributed by atoms with van der Waals surface area (Å²) in [6, 6.07) is 0. The van der Waals surface area contributed by atoms with Crippen molar-refractivity contribution in [2.45, 2.75) is 38.5 Å². The second-order valence-electron chi connectivity index (χ2n) is 4.00. The molecule has 0 fully saturated rings. The summed E-state index contributed by atoms with van der Waals surface area (Å²) in [7, 11) is 0. The van der Waals surface area contributed by atoms with Crippen molar-refractivity contribution in [2.75, 3.05) is 0 Å². The molecular formula is C10H15NO4. The number of aliphatic imine (C=N–C) groups is 1. The van der Waals surface area contributed by atoms with E-state index in [4.69, 9.17) is 9.84 Å². The molecule has 0 aromatic heterocycles. The molecule has 0 heterocycles. The van der Waals surface area contributed by atoms with Crippen LogP contribution in [0.5, 0.6) is 0 Å². The van der Waals surface area contributed by atoms with Crippen LogP contribution in [0.25, 0.3) is 0 Å². The number of isocyanates is 1. The Kier molecular flexibility index (Phi) is 4.40. The molecule has 0 radical (unpaired) electrons. The van der Waals surface area contributed by atoms with Gasteiger partial charge in [0, 0.05) is 6.42 Å². The Morgan fingerprint density at radius 3 is 2.40 bits per heavy atom. The first-order valence-electron chi connectivity index (χ1n) is 4.41. The number of carbonyl (C=O) groups excluding carboxylic acids is 1. The molecule has 0 aliphatic heterocycles. The van der Waals surface area contributed by atoms with E-state index in [2.05, 4.69) is 11.6 Å². The zero-order valence-corrected chi connectivity index (χ0v) is 9.11. The van der Waals surface area contributed by atoms with E-state index < -0.39 is 17.3 Å². The highest BCUT2D eigenvalue weighted by molar-refractivity contribution is 5.78. The largest absolute Gasteiger partial charge is 0.478 e. The fraction of sp³-hybridized carbons (Fsp3) is 0.600. The lowest BCUT2D eigenvalue weighted by Crippen LogP contribution is -2.44. The number of hydrogen-bond donors (Lipinski definition) is 1. The Hall–Kier alpha value is -1.45. The summed E-state index contributed by atoms with van der Waals surface area (Å²) in [5.41, 5.74) is -2.65. The molecule has 1 atom stereocenters. The molecule has 5 heteroatoms. The van der Waals surface area contributed by atoms with Gasteiger partial charge in [0.05, 0.1) is 5.60 Å². The first-order valence-corrected chi connectivity index (χ1v) is 4.41. The van der Waals surface area contributed by atoms with Gasteiger partial charge in [-0.3, -0.25) is 0 Å². The van der Waals surface area contributed by atoms with Crippen LogP contribution in [0.3, 0.4) is 0 Å². The summed E-state index contributed by atoms with van der Waals surface area (Å²) in [4.78, 5) is 24.5. The van der Waals surface area contributed by atoms with Crippen molar-refractivity contribution >= 4 is 12.0 Å². The van der Waals surface area contributed by atoms with Crippen LogP contribution in [-0.4, -0.2) is 28.5 Å². The molecule has 0 aromatic carbocycles. The number of carboxylic acids is 1. The average molecular weight is 213 g/mol. The molecule has 5 nitrogen and oxygen atoms in total. The lowest BCUT2D eigenvalue weighted by Gasteiger charge is -2.31. The van der Waals surface area contributed by atoms with Crippen molar-refractivity contribution in [3.63, 3.8) is 0 Å². The number of hydrogen-bond acceptors (Lipinski definition) is 4. The van der Waals surface area contributed by atoms with Crippen LogP contribution in [-0.2, 0) is 14.3 Å². The van der Waals surface area contributed by atoms with Gasteiger partial charge in [0.25, 0.3) is 5.72 Å². The van der Waals surface area contributed by atoms with Crippen LogP contribution in [0.1, 0.15) is 27.2 Å². The highest BCUT2D eigenvalue weighted by Gasteiger charge is 2.42. The number of nitrogens with zero attached hydrogens (tertiary/aromatic N) is 1. The standard InChI is InChI=1S/C10H15NO4/c1-5-6-10(8(13)14,11-7-12)15-9(2,3)4/h5H,1,6H2,2-4H3,(H,13,14)/t10-/m1/s1. The molecule has 0 bridgehead atoms. The molecule has 0 rings (SSSR count). The SMILES string of the molecule is C=CC[C@@](N=C=O)(OC(C)(C)C)C(=O)O. The highest BCUT2D eigenvalue weighted by Crippen LogP contribution is 2.25. The van der Waals surface area contributed by atoms with Gasteiger partial charge in [0.2, 0.25) is 6.08 Å². The number of rotatable bonds is 5. The maximum Gasteiger partial charge on any atom is 0.360 e. The van der Waals surface area contributed by atoms with Gasteiger partial charge in [-0.15, -0.1) is 6.58 Å². The number of carbonyl (C=O) groups is 1. The maximum absolute atomic E-state index is 11.0. The fourth-order valence-corrected chi connectivity index (χ4v) is 1.06. The average Bonchev–Trinajstić information content (AvgIpc) is 2.01. The van der Waals surface area contributed by atoms with E-state index in [1.54, 1.807) is 20.8 Å². The van der Waals surface area contributed by atoms with Gasteiger partial charge in [-0.1, -0.05) is 6.08 Å². The Bertz CT molecular complexity index is 295. The maximum atomic E-state index is 11.0. The predicted octanol–water partition coefficient (Wildman–Crippen LogP) is 1.49. The normalized spacial score (nSPS) is 14.9. The topological polar surface area (TPSA) is 76.0 Å². The van der Waals surface area contributed by atoms with Crippen molar-refractivity contribution in [2.24, 2.45) is 4.99 Å². The van der Waals surface area contributed by atoms with Crippen molar-refractivity contribution in [3.8, 4) is 0 Å². The zero-order chi connectivity index (χ0) is 12.1. The molecule has 0 saturated carbocycles. The van der Waals surface area contributed by atoms with Gasteiger partial charge in [-0.05, 0) is 20.8 Å². The van der Waals surface area contributed by atoms with Gasteiger partial charge in [0.15, 0.2) is 0 Å². The lowest BCUT2D eigenvalue weighted by molar-refractivity contribution is -0.182.